The predicted molar refractivity (Wildman–Crippen MR) is 118 cm³/mol. The first kappa shape index (κ1) is 23.1. The maximum atomic E-state index is 13.4. The zero-order valence-electron chi connectivity index (χ0n) is 18.8. The maximum Gasteiger partial charge on any atom is 0.408 e. The zero-order valence-corrected chi connectivity index (χ0v) is 18.8. The molecular formula is C24H34N4O3. The molecule has 1 aliphatic heterocycles. The normalized spacial score (nSPS) is 23.5. The molecule has 31 heavy (non-hydrogen) atoms. The Labute approximate surface area is 185 Å². The molecule has 1 saturated carbocycles. The number of benzene rings is 1. The Morgan fingerprint density at radius 1 is 1.16 bits per heavy atom. The second-order valence-electron chi connectivity index (χ2n) is 9.76. The quantitative estimate of drug-likeness (QED) is 0.753. The third-order valence-corrected chi connectivity index (χ3v) is 6.01. The van der Waals surface area contributed by atoms with Crippen molar-refractivity contribution < 1.29 is 14.3 Å². The van der Waals surface area contributed by atoms with Crippen molar-refractivity contribution in [1.82, 2.24) is 15.5 Å². The molecule has 1 saturated heterocycles. The predicted octanol–water partition coefficient (Wildman–Crippen LogP) is 3.35. The average molecular weight is 427 g/mol. The summed E-state index contributed by atoms with van der Waals surface area (Å²) in [6.45, 7) is 7.38. The molecule has 0 radical (unpaired) electrons. The highest BCUT2D eigenvalue weighted by atomic mass is 16.6. The van der Waals surface area contributed by atoms with Gasteiger partial charge in [0.15, 0.2) is 0 Å². The summed E-state index contributed by atoms with van der Waals surface area (Å²) >= 11 is 0. The van der Waals surface area contributed by atoms with E-state index < -0.39 is 17.2 Å². The number of likely N-dealkylation sites (tertiary alicyclic amines) is 1. The van der Waals surface area contributed by atoms with Crippen molar-refractivity contribution >= 4 is 12.0 Å². The number of hydrogen-bond donors (Lipinski definition) is 2. The summed E-state index contributed by atoms with van der Waals surface area (Å²) in [7, 11) is 0. The van der Waals surface area contributed by atoms with Crippen LogP contribution in [-0.4, -0.2) is 47.2 Å². The number of rotatable bonds is 5. The standard InChI is InChI=1S/C24H34N4O3/c1-23(2,3)31-22(30)27-24(12-8-5-9-13-24)21(29)26-20-17-28(16-19(20)14-25)15-18-10-6-4-7-11-18/h4,6-7,10-11,19-20H,5,8-9,12-13,15-17H2,1-3H3,(H,26,29)(H,27,30). The van der Waals surface area contributed by atoms with E-state index in [1.807, 2.05) is 18.2 Å². The third kappa shape index (κ3) is 6.20. The van der Waals surface area contributed by atoms with Crippen LogP contribution in [0.3, 0.4) is 0 Å². The van der Waals surface area contributed by atoms with Gasteiger partial charge < -0.3 is 15.4 Å². The van der Waals surface area contributed by atoms with Gasteiger partial charge in [-0.1, -0.05) is 49.6 Å². The van der Waals surface area contributed by atoms with E-state index in [1.165, 1.54) is 5.56 Å². The van der Waals surface area contributed by atoms with E-state index in [0.717, 1.165) is 25.8 Å². The fourth-order valence-electron chi connectivity index (χ4n) is 4.50. The number of ether oxygens (including phenoxy) is 1. The molecule has 2 unspecified atom stereocenters. The van der Waals surface area contributed by atoms with Gasteiger partial charge in [-0.3, -0.25) is 9.69 Å². The van der Waals surface area contributed by atoms with Gasteiger partial charge >= 0.3 is 6.09 Å². The number of carbonyl (C=O) groups excluding carboxylic acids is 2. The minimum Gasteiger partial charge on any atom is -0.444 e. The summed E-state index contributed by atoms with van der Waals surface area (Å²) in [6.07, 6.45) is 3.37. The molecule has 2 fully saturated rings. The number of hydrogen-bond acceptors (Lipinski definition) is 5. The molecule has 1 aromatic carbocycles. The number of nitriles is 1. The van der Waals surface area contributed by atoms with Crippen molar-refractivity contribution in [2.24, 2.45) is 5.92 Å². The lowest BCUT2D eigenvalue weighted by Crippen LogP contribution is -2.62. The molecule has 2 amide bonds. The summed E-state index contributed by atoms with van der Waals surface area (Å²) in [5.74, 6) is -0.486. The third-order valence-electron chi connectivity index (χ3n) is 6.01. The molecule has 7 heteroatoms. The molecule has 3 rings (SSSR count). The van der Waals surface area contributed by atoms with Crippen LogP contribution >= 0.6 is 0 Å². The molecule has 2 aliphatic rings. The lowest BCUT2D eigenvalue weighted by atomic mass is 9.80. The van der Waals surface area contributed by atoms with Gasteiger partial charge in [-0.05, 0) is 39.2 Å². The highest BCUT2D eigenvalue weighted by molar-refractivity contribution is 5.90. The van der Waals surface area contributed by atoms with Crippen molar-refractivity contribution in [3.63, 3.8) is 0 Å². The molecule has 7 nitrogen and oxygen atoms in total. The first-order valence-corrected chi connectivity index (χ1v) is 11.2. The van der Waals surface area contributed by atoms with Gasteiger partial charge in [0, 0.05) is 19.6 Å². The van der Waals surface area contributed by atoms with Crippen molar-refractivity contribution in [2.45, 2.75) is 76.6 Å². The first-order chi connectivity index (χ1) is 14.7. The summed E-state index contributed by atoms with van der Waals surface area (Å²) in [5.41, 5.74) is -0.430. The van der Waals surface area contributed by atoms with Gasteiger partial charge in [0.05, 0.1) is 18.0 Å². The van der Waals surface area contributed by atoms with Crippen LogP contribution in [0.15, 0.2) is 30.3 Å². The molecule has 168 valence electrons. The lowest BCUT2D eigenvalue weighted by molar-refractivity contribution is -0.129. The van der Waals surface area contributed by atoms with Crippen molar-refractivity contribution in [3.05, 3.63) is 35.9 Å². The first-order valence-electron chi connectivity index (χ1n) is 11.2. The fraction of sp³-hybridized carbons (Fsp3) is 0.625. The lowest BCUT2D eigenvalue weighted by Gasteiger charge is -2.38. The minimum atomic E-state index is -0.979. The molecule has 0 aromatic heterocycles. The summed E-state index contributed by atoms with van der Waals surface area (Å²) in [4.78, 5) is 28.1. The SMILES string of the molecule is CC(C)(C)OC(=O)NC1(C(=O)NC2CN(Cc3ccccc3)CC2C#N)CCCCC1. The van der Waals surface area contributed by atoms with E-state index in [1.54, 1.807) is 20.8 Å². The summed E-state index contributed by atoms with van der Waals surface area (Å²) < 4.78 is 5.42. The van der Waals surface area contributed by atoms with Gasteiger partial charge in [-0.25, -0.2) is 4.79 Å². The van der Waals surface area contributed by atoms with Crippen LogP contribution in [-0.2, 0) is 16.1 Å². The number of carbonyl (C=O) groups is 2. The van der Waals surface area contributed by atoms with Crippen LogP contribution in [0.1, 0.15) is 58.4 Å². The van der Waals surface area contributed by atoms with Gasteiger partial charge in [0.1, 0.15) is 11.1 Å². The van der Waals surface area contributed by atoms with Crippen LogP contribution in [0.5, 0.6) is 0 Å². The van der Waals surface area contributed by atoms with Gasteiger partial charge in [-0.15, -0.1) is 0 Å². The van der Waals surface area contributed by atoms with Crippen LogP contribution in [0.4, 0.5) is 4.79 Å². The van der Waals surface area contributed by atoms with Crippen molar-refractivity contribution in [3.8, 4) is 6.07 Å². The van der Waals surface area contributed by atoms with E-state index in [2.05, 4.69) is 33.7 Å². The average Bonchev–Trinajstić information content (AvgIpc) is 3.09. The second kappa shape index (κ2) is 9.69. The van der Waals surface area contributed by atoms with Gasteiger partial charge in [0.25, 0.3) is 0 Å². The number of alkyl carbamates (subject to hydrolysis) is 1. The molecule has 0 bridgehead atoms. The molecule has 1 aromatic rings. The summed E-state index contributed by atoms with van der Waals surface area (Å²) in [6, 6.07) is 12.2. The van der Waals surface area contributed by atoms with Gasteiger partial charge in [0.2, 0.25) is 5.91 Å². The van der Waals surface area contributed by atoms with E-state index in [-0.39, 0.29) is 17.9 Å². The number of nitrogens with zero attached hydrogens (tertiary/aromatic N) is 2. The van der Waals surface area contributed by atoms with Gasteiger partial charge in [-0.2, -0.15) is 5.26 Å². The molecule has 2 N–H and O–H groups in total. The zero-order chi connectivity index (χ0) is 22.5. The Bertz CT molecular complexity index is 806. The molecule has 0 spiro atoms. The highest BCUT2D eigenvalue weighted by Gasteiger charge is 2.44. The smallest absolute Gasteiger partial charge is 0.408 e. The molecular weight excluding hydrogens is 392 g/mol. The molecule has 2 atom stereocenters. The fourth-order valence-corrected chi connectivity index (χ4v) is 4.50. The minimum absolute atomic E-state index is 0.204. The van der Waals surface area contributed by atoms with E-state index >= 15 is 0 Å². The highest BCUT2D eigenvalue weighted by Crippen LogP contribution is 2.30. The largest absolute Gasteiger partial charge is 0.444 e. The van der Waals surface area contributed by atoms with E-state index in [9.17, 15) is 14.9 Å². The molecule has 1 aliphatic carbocycles. The van der Waals surface area contributed by atoms with Crippen molar-refractivity contribution in [1.29, 1.82) is 5.26 Å². The maximum absolute atomic E-state index is 13.4. The van der Waals surface area contributed by atoms with Crippen LogP contribution in [0.25, 0.3) is 0 Å². The van der Waals surface area contributed by atoms with Crippen LogP contribution in [0, 0.1) is 17.2 Å². The van der Waals surface area contributed by atoms with Crippen LogP contribution in [0.2, 0.25) is 0 Å². The molecule has 1 heterocycles. The van der Waals surface area contributed by atoms with E-state index in [0.29, 0.717) is 25.9 Å². The monoisotopic (exact) mass is 426 g/mol. The Kier molecular flexibility index (Phi) is 7.22. The number of nitrogens with one attached hydrogen (secondary N) is 2. The second-order valence-corrected chi connectivity index (χ2v) is 9.76. The van der Waals surface area contributed by atoms with E-state index in [4.69, 9.17) is 4.74 Å². The summed E-state index contributed by atoms with van der Waals surface area (Å²) in [5, 5.41) is 15.6. The Morgan fingerprint density at radius 2 is 1.84 bits per heavy atom. The Hall–Kier alpha value is -2.59. The van der Waals surface area contributed by atoms with Crippen molar-refractivity contribution in [2.75, 3.05) is 13.1 Å². The Morgan fingerprint density at radius 3 is 2.45 bits per heavy atom. The number of amides is 2. The Balaban J connectivity index is 1.67. The topological polar surface area (TPSA) is 94.5 Å². The van der Waals surface area contributed by atoms with Crippen LogP contribution < -0.4 is 10.6 Å².